The fraction of sp³-hybridized carbons (Fsp3) is 0.0833. The highest BCUT2D eigenvalue weighted by molar-refractivity contribution is 6.30. The molecular formula is C24H18ClFN4O2. The molecule has 0 spiro atoms. The summed E-state index contributed by atoms with van der Waals surface area (Å²) < 4.78 is 19.0. The van der Waals surface area contributed by atoms with E-state index in [0.29, 0.717) is 10.8 Å². The molecule has 0 atom stereocenters. The first-order valence-corrected chi connectivity index (χ1v) is 9.91. The van der Waals surface area contributed by atoms with Gasteiger partial charge in [-0.25, -0.2) is 4.39 Å². The summed E-state index contributed by atoms with van der Waals surface area (Å²) in [6, 6.07) is 19.8. The first-order chi connectivity index (χ1) is 15.5. The van der Waals surface area contributed by atoms with Crippen molar-refractivity contribution in [2.24, 2.45) is 10.1 Å². The van der Waals surface area contributed by atoms with E-state index in [1.165, 1.54) is 25.4 Å². The highest BCUT2D eigenvalue weighted by Gasteiger charge is 2.18. The van der Waals surface area contributed by atoms with Crippen molar-refractivity contribution < 1.29 is 13.9 Å². The van der Waals surface area contributed by atoms with E-state index in [2.05, 4.69) is 15.0 Å². The van der Waals surface area contributed by atoms with Gasteiger partial charge in [0.2, 0.25) is 5.78 Å². The number of halogens is 2. The van der Waals surface area contributed by atoms with Gasteiger partial charge in [0.15, 0.2) is 5.76 Å². The molecule has 0 saturated carbocycles. The molecule has 160 valence electrons. The summed E-state index contributed by atoms with van der Waals surface area (Å²) >= 11 is 5.91. The molecule has 0 aliphatic heterocycles. The average Bonchev–Trinajstić information content (AvgIpc) is 2.80. The molecule has 3 aromatic rings. The molecule has 0 fully saturated rings. The molecule has 8 heteroatoms. The van der Waals surface area contributed by atoms with Gasteiger partial charge in [-0.1, -0.05) is 53.1 Å². The number of Topliss-reactive ketones (excluding diaryl/α,β-unsaturated/α-hetero) is 1. The van der Waals surface area contributed by atoms with Crippen molar-refractivity contribution in [1.82, 2.24) is 0 Å². The highest BCUT2D eigenvalue weighted by atomic mass is 35.5. The molecule has 32 heavy (non-hydrogen) atoms. The van der Waals surface area contributed by atoms with Gasteiger partial charge in [0.1, 0.15) is 17.3 Å². The zero-order valence-electron chi connectivity index (χ0n) is 17.1. The summed E-state index contributed by atoms with van der Waals surface area (Å²) in [6.07, 6.45) is 1.28. The van der Waals surface area contributed by atoms with Crippen LogP contribution in [0.1, 0.15) is 5.56 Å². The van der Waals surface area contributed by atoms with E-state index in [-0.39, 0.29) is 23.7 Å². The predicted octanol–water partition coefficient (Wildman–Crippen LogP) is 6.56. The largest absolute Gasteiger partial charge is 0.453 e. The number of ether oxygens (including phenoxy) is 1. The third-order valence-corrected chi connectivity index (χ3v) is 4.67. The molecule has 0 aliphatic carbocycles. The van der Waals surface area contributed by atoms with Crippen LogP contribution in [0.25, 0.3) is 21.6 Å². The number of aliphatic imine (C=N–C) groups is 1. The van der Waals surface area contributed by atoms with Crippen LogP contribution in [0.4, 0.5) is 4.39 Å². The number of azide groups is 1. The summed E-state index contributed by atoms with van der Waals surface area (Å²) in [7, 11) is 1.49. The molecule has 3 rings (SSSR count). The Kier molecular flexibility index (Phi) is 7.75. The van der Waals surface area contributed by atoms with Crippen LogP contribution in [-0.2, 0) is 11.2 Å². The molecule has 0 unspecified atom stereocenters. The summed E-state index contributed by atoms with van der Waals surface area (Å²) in [4.78, 5) is 19.6. The summed E-state index contributed by atoms with van der Waals surface area (Å²) in [5, 5.41) is 4.13. The fourth-order valence-corrected chi connectivity index (χ4v) is 3.02. The van der Waals surface area contributed by atoms with Crippen molar-refractivity contribution in [2.75, 3.05) is 7.05 Å². The normalized spacial score (nSPS) is 11.6. The van der Waals surface area contributed by atoms with Crippen LogP contribution >= 0.6 is 11.6 Å². The Bertz CT molecular complexity index is 1200. The number of ketones is 1. The lowest BCUT2D eigenvalue weighted by molar-refractivity contribution is -0.117. The van der Waals surface area contributed by atoms with Gasteiger partial charge in [0, 0.05) is 29.6 Å². The van der Waals surface area contributed by atoms with Crippen molar-refractivity contribution >= 4 is 23.6 Å². The van der Waals surface area contributed by atoms with Crippen molar-refractivity contribution in [1.29, 1.82) is 0 Å². The number of allylic oxidation sites excluding steroid dienone is 2. The van der Waals surface area contributed by atoms with Crippen molar-refractivity contribution in [2.45, 2.75) is 6.42 Å². The molecule has 0 N–H and O–H groups in total. The monoisotopic (exact) mass is 448 g/mol. The van der Waals surface area contributed by atoms with Gasteiger partial charge >= 0.3 is 0 Å². The standard InChI is InChI=1S/C24H18ClFN4O2/c1-28-15-22(29-30-27)24(23(31)14-16-2-8-19(25)9-3-16)32-21-12-6-18(7-13-21)17-4-10-20(26)11-5-17/h2-13,15H,14H2,1H3/b24-22-,28-15-. The van der Waals surface area contributed by atoms with Crippen LogP contribution in [0.15, 0.2) is 94.4 Å². The van der Waals surface area contributed by atoms with E-state index in [0.717, 1.165) is 16.7 Å². The number of hydrogen-bond donors (Lipinski definition) is 0. The Labute approximate surface area is 189 Å². The molecule has 0 aromatic heterocycles. The number of rotatable bonds is 8. The topological polar surface area (TPSA) is 87.4 Å². The molecule has 0 amide bonds. The second kappa shape index (κ2) is 10.9. The Hall–Kier alpha value is -3.93. The lowest BCUT2D eigenvalue weighted by Gasteiger charge is -2.12. The van der Waals surface area contributed by atoms with Gasteiger partial charge in [-0.3, -0.25) is 9.79 Å². The van der Waals surface area contributed by atoms with Crippen LogP contribution in [0.3, 0.4) is 0 Å². The lowest BCUT2D eigenvalue weighted by Crippen LogP contribution is -2.15. The smallest absolute Gasteiger partial charge is 0.202 e. The Morgan fingerprint density at radius 1 is 1.03 bits per heavy atom. The predicted molar refractivity (Wildman–Crippen MR) is 123 cm³/mol. The Balaban J connectivity index is 1.90. The maximum atomic E-state index is 13.2. The first kappa shape index (κ1) is 22.7. The molecule has 0 heterocycles. The van der Waals surface area contributed by atoms with E-state index in [1.54, 1.807) is 60.7 Å². The van der Waals surface area contributed by atoms with E-state index in [1.807, 2.05) is 0 Å². The Morgan fingerprint density at radius 3 is 2.19 bits per heavy atom. The second-order valence-corrected chi connectivity index (χ2v) is 7.09. The minimum Gasteiger partial charge on any atom is -0.453 e. The quantitative estimate of drug-likeness (QED) is 0.0975. The molecule has 3 aromatic carbocycles. The molecule has 0 bridgehead atoms. The zero-order valence-corrected chi connectivity index (χ0v) is 17.8. The number of carbonyl (C=O) groups is 1. The van der Waals surface area contributed by atoms with E-state index in [4.69, 9.17) is 21.9 Å². The van der Waals surface area contributed by atoms with Crippen molar-refractivity contribution in [3.05, 3.63) is 111 Å². The van der Waals surface area contributed by atoms with Crippen molar-refractivity contribution in [3.8, 4) is 16.9 Å². The molecule has 0 radical (unpaired) electrons. The first-order valence-electron chi connectivity index (χ1n) is 9.53. The maximum Gasteiger partial charge on any atom is 0.202 e. The van der Waals surface area contributed by atoms with Crippen LogP contribution < -0.4 is 4.74 Å². The number of nitrogens with zero attached hydrogens (tertiary/aromatic N) is 4. The molecular weight excluding hydrogens is 431 g/mol. The van der Waals surface area contributed by atoms with Crippen LogP contribution in [0.2, 0.25) is 5.02 Å². The molecule has 6 nitrogen and oxygen atoms in total. The summed E-state index contributed by atoms with van der Waals surface area (Å²) in [5.74, 6) is -0.466. The molecule has 0 saturated heterocycles. The summed E-state index contributed by atoms with van der Waals surface area (Å²) in [5.41, 5.74) is 11.3. The van der Waals surface area contributed by atoms with Gasteiger partial charge < -0.3 is 4.74 Å². The van der Waals surface area contributed by atoms with Gasteiger partial charge in [-0.15, -0.1) is 0 Å². The Morgan fingerprint density at radius 2 is 1.62 bits per heavy atom. The third kappa shape index (κ3) is 6.04. The summed E-state index contributed by atoms with van der Waals surface area (Å²) in [6.45, 7) is 0. The third-order valence-electron chi connectivity index (χ3n) is 4.42. The van der Waals surface area contributed by atoms with Crippen LogP contribution in [0.5, 0.6) is 5.75 Å². The minimum absolute atomic E-state index is 0.0160. The fourth-order valence-electron chi connectivity index (χ4n) is 2.90. The van der Waals surface area contributed by atoms with Gasteiger partial charge in [0.05, 0.1) is 0 Å². The molecule has 0 aliphatic rings. The van der Waals surface area contributed by atoms with Gasteiger partial charge in [-0.2, -0.15) is 0 Å². The second-order valence-electron chi connectivity index (χ2n) is 6.65. The van der Waals surface area contributed by atoms with Gasteiger partial charge in [0.25, 0.3) is 0 Å². The van der Waals surface area contributed by atoms with Crippen molar-refractivity contribution in [3.63, 3.8) is 0 Å². The maximum absolute atomic E-state index is 13.2. The number of hydrogen-bond acceptors (Lipinski definition) is 4. The van der Waals surface area contributed by atoms with Crippen LogP contribution in [-0.4, -0.2) is 19.0 Å². The van der Waals surface area contributed by atoms with Crippen LogP contribution in [0, 0.1) is 5.82 Å². The number of carbonyl (C=O) groups excluding carboxylic acids is 1. The van der Waals surface area contributed by atoms with Gasteiger partial charge in [-0.05, 0) is 58.6 Å². The van der Waals surface area contributed by atoms with E-state index in [9.17, 15) is 9.18 Å². The number of benzene rings is 3. The lowest BCUT2D eigenvalue weighted by atomic mass is 10.1. The SMILES string of the molecule is C/N=C\C(N=[N+]=[N-])=C(\Oc1ccc(-c2ccc(F)cc2)cc1)C(=O)Cc1ccc(Cl)cc1. The average molecular weight is 449 g/mol. The van der Waals surface area contributed by atoms with E-state index < -0.39 is 5.78 Å². The van der Waals surface area contributed by atoms with E-state index >= 15 is 0 Å². The minimum atomic E-state index is -0.391. The zero-order chi connectivity index (χ0) is 22.9. The highest BCUT2D eigenvalue weighted by Crippen LogP contribution is 2.25.